The summed E-state index contributed by atoms with van der Waals surface area (Å²) in [4.78, 5) is 16.4. The van der Waals surface area contributed by atoms with Crippen molar-refractivity contribution in [2.45, 2.75) is 57.9 Å². The number of anilines is 1. The van der Waals surface area contributed by atoms with Gasteiger partial charge >= 0.3 is 5.97 Å². The van der Waals surface area contributed by atoms with Crippen LogP contribution in [-0.2, 0) is 16.0 Å². The van der Waals surface area contributed by atoms with E-state index in [9.17, 15) is 4.79 Å². The minimum atomic E-state index is -0.156. The van der Waals surface area contributed by atoms with Gasteiger partial charge in [0.25, 0.3) is 0 Å². The number of rotatable bonds is 6. The molecule has 1 fully saturated rings. The highest BCUT2D eigenvalue weighted by Gasteiger charge is 2.15. The first-order chi connectivity index (χ1) is 11.2. The van der Waals surface area contributed by atoms with Gasteiger partial charge in [-0.25, -0.2) is 4.98 Å². The summed E-state index contributed by atoms with van der Waals surface area (Å²) in [6.07, 6.45) is 7.65. The van der Waals surface area contributed by atoms with Gasteiger partial charge in [-0.2, -0.15) is 0 Å². The van der Waals surface area contributed by atoms with E-state index in [2.05, 4.69) is 16.4 Å². The van der Waals surface area contributed by atoms with Crippen molar-refractivity contribution in [3.8, 4) is 0 Å². The van der Waals surface area contributed by atoms with Crippen LogP contribution in [-0.4, -0.2) is 23.6 Å². The minimum absolute atomic E-state index is 0.156. The second-order valence-corrected chi connectivity index (χ2v) is 7.23. The normalized spacial score (nSPS) is 15.7. The van der Waals surface area contributed by atoms with E-state index in [0.29, 0.717) is 19.1 Å². The number of hydrogen-bond donors (Lipinski definition) is 1. The van der Waals surface area contributed by atoms with E-state index in [4.69, 9.17) is 4.74 Å². The van der Waals surface area contributed by atoms with Gasteiger partial charge in [0.15, 0.2) is 5.13 Å². The molecule has 1 aromatic heterocycles. The molecule has 0 unspecified atom stereocenters. The van der Waals surface area contributed by atoms with Crippen molar-refractivity contribution >= 4 is 32.7 Å². The maximum absolute atomic E-state index is 11.7. The van der Waals surface area contributed by atoms with Gasteiger partial charge in [0.2, 0.25) is 0 Å². The Kier molecular flexibility index (Phi) is 5.49. The fourth-order valence-corrected chi connectivity index (χ4v) is 4.00. The molecule has 2 aromatic rings. The van der Waals surface area contributed by atoms with E-state index in [1.54, 1.807) is 11.3 Å². The summed E-state index contributed by atoms with van der Waals surface area (Å²) in [5, 5.41) is 4.57. The molecule has 1 N–H and O–H groups in total. The third-order valence-electron chi connectivity index (χ3n) is 4.20. The van der Waals surface area contributed by atoms with Crippen molar-refractivity contribution in [1.82, 2.24) is 4.98 Å². The highest BCUT2D eigenvalue weighted by molar-refractivity contribution is 7.22. The highest BCUT2D eigenvalue weighted by Crippen LogP contribution is 2.29. The Morgan fingerprint density at radius 3 is 2.96 bits per heavy atom. The summed E-state index contributed by atoms with van der Waals surface area (Å²) < 4.78 is 6.28. The van der Waals surface area contributed by atoms with Crippen LogP contribution in [0.15, 0.2) is 18.2 Å². The molecule has 0 atom stereocenters. The smallest absolute Gasteiger partial charge is 0.310 e. The van der Waals surface area contributed by atoms with Crippen LogP contribution in [0, 0.1) is 0 Å². The van der Waals surface area contributed by atoms with Crippen LogP contribution < -0.4 is 5.32 Å². The summed E-state index contributed by atoms with van der Waals surface area (Å²) >= 11 is 1.68. The Balaban J connectivity index is 1.66. The maximum Gasteiger partial charge on any atom is 0.310 e. The van der Waals surface area contributed by atoms with Crippen molar-refractivity contribution in [1.29, 1.82) is 0 Å². The molecule has 1 aliphatic rings. The SMILES string of the molecule is CCCOC(=O)Cc1ccc2nc(NC3CCCCC3)sc2c1. The topological polar surface area (TPSA) is 51.2 Å². The highest BCUT2D eigenvalue weighted by atomic mass is 32.1. The quantitative estimate of drug-likeness (QED) is 0.789. The lowest BCUT2D eigenvalue weighted by Crippen LogP contribution is -2.21. The van der Waals surface area contributed by atoms with Crippen molar-refractivity contribution in [2.75, 3.05) is 11.9 Å². The molecule has 0 radical (unpaired) electrons. The molecule has 1 aromatic carbocycles. The second-order valence-electron chi connectivity index (χ2n) is 6.20. The van der Waals surface area contributed by atoms with E-state index < -0.39 is 0 Å². The van der Waals surface area contributed by atoms with Crippen molar-refractivity contribution in [3.05, 3.63) is 23.8 Å². The predicted molar refractivity (Wildman–Crippen MR) is 95.1 cm³/mol. The molecular weight excluding hydrogens is 308 g/mol. The summed E-state index contributed by atoms with van der Waals surface area (Å²) in [6, 6.07) is 6.60. The average Bonchev–Trinajstić information content (AvgIpc) is 2.95. The average molecular weight is 332 g/mol. The first-order valence-electron chi connectivity index (χ1n) is 8.56. The molecule has 0 saturated heterocycles. The van der Waals surface area contributed by atoms with Crippen LogP contribution in [0.2, 0.25) is 0 Å². The number of nitrogens with zero attached hydrogens (tertiary/aromatic N) is 1. The molecule has 3 rings (SSSR count). The number of benzene rings is 1. The van der Waals surface area contributed by atoms with Crippen molar-refractivity contribution < 1.29 is 9.53 Å². The minimum Gasteiger partial charge on any atom is -0.465 e. The second kappa shape index (κ2) is 7.77. The monoisotopic (exact) mass is 332 g/mol. The number of thiazole rings is 1. The third kappa shape index (κ3) is 4.44. The Morgan fingerprint density at radius 2 is 2.17 bits per heavy atom. The summed E-state index contributed by atoms with van der Waals surface area (Å²) in [6.45, 7) is 2.49. The van der Waals surface area contributed by atoms with Gasteiger partial charge in [0.05, 0.1) is 23.2 Å². The van der Waals surface area contributed by atoms with Gasteiger partial charge in [-0.05, 0) is 37.0 Å². The maximum atomic E-state index is 11.7. The summed E-state index contributed by atoms with van der Waals surface area (Å²) in [5.74, 6) is -0.156. The zero-order valence-corrected chi connectivity index (χ0v) is 14.5. The summed E-state index contributed by atoms with van der Waals surface area (Å²) in [7, 11) is 0. The van der Waals surface area contributed by atoms with Crippen LogP contribution in [0.3, 0.4) is 0 Å². The van der Waals surface area contributed by atoms with Gasteiger partial charge in [-0.15, -0.1) is 0 Å². The van der Waals surface area contributed by atoms with Gasteiger partial charge < -0.3 is 10.1 Å². The molecule has 1 saturated carbocycles. The van der Waals surface area contributed by atoms with Crippen LogP contribution in [0.1, 0.15) is 51.0 Å². The van der Waals surface area contributed by atoms with E-state index in [0.717, 1.165) is 27.3 Å². The number of ether oxygens (including phenoxy) is 1. The van der Waals surface area contributed by atoms with Crippen molar-refractivity contribution in [2.24, 2.45) is 0 Å². The van der Waals surface area contributed by atoms with E-state index in [1.807, 2.05) is 19.1 Å². The van der Waals surface area contributed by atoms with Crippen LogP contribution in [0.5, 0.6) is 0 Å². The number of esters is 1. The van der Waals surface area contributed by atoms with Gasteiger partial charge in [0, 0.05) is 6.04 Å². The Labute approximate surface area is 141 Å². The van der Waals surface area contributed by atoms with Crippen LogP contribution >= 0.6 is 11.3 Å². The first-order valence-corrected chi connectivity index (χ1v) is 9.38. The number of aromatic nitrogens is 1. The van der Waals surface area contributed by atoms with E-state index in [1.165, 1.54) is 32.1 Å². The Bertz CT molecular complexity index is 662. The summed E-state index contributed by atoms with van der Waals surface area (Å²) in [5.41, 5.74) is 1.99. The molecule has 23 heavy (non-hydrogen) atoms. The fourth-order valence-electron chi connectivity index (χ4n) is 3.00. The van der Waals surface area contributed by atoms with Gasteiger partial charge in [-0.3, -0.25) is 4.79 Å². The molecule has 0 bridgehead atoms. The number of carbonyl (C=O) groups is 1. The van der Waals surface area contributed by atoms with E-state index in [-0.39, 0.29) is 5.97 Å². The molecule has 5 heteroatoms. The molecule has 0 amide bonds. The van der Waals surface area contributed by atoms with Crippen molar-refractivity contribution in [3.63, 3.8) is 0 Å². The Morgan fingerprint density at radius 1 is 1.35 bits per heavy atom. The van der Waals surface area contributed by atoms with Crippen LogP contribution in [0.25, 0.3) is 10.2 Å². The first kappa shape index (κ1) is 16.2. The largest absolute Gasteiger partial charge is 0.465 e. The third-order valence-corrected chi connectivity index (χ3v) is 5.15. The molecule has 1 aliphatic carbocycles. The Hall–Kier alpha value is -1.62. The number of hydrogen-bond acceptors (Lipinski definition) is 5. The molecule has 1 heterocycles. The fraction of sp³-hybridized carbons (Fsp3) is 0.556. The number of fused-ring (bicyclic) bond motifs is 1. The molecular formula is C18H24N2O2S. The van der Waals surface area contributed by atoms with Crippen LogP contribution in [0.4, 0.5) is 5.13 Å². The standard InChI is InChI=1S/C18H24N2O2S/c1-2-10-22-17(21)12-13-8-9-15-16(11-13)23-18(20-15)19-14-6-4-3-5-7-14/h8-9,11,14H,2-7,10,12H2,1H3,(H,19,20). The van der Waals surface area contributed by atoms with Gasteiger partial charge in [0.1, 0.15) is 0 Å². The molecule has 124 valence electrons. The zero-order valence-electron chi connectivity index (χ0n) is 13.6. The van der Waals surface area contributed by atoms with E-state index >= 15 is 0 Å². The molecule has 0 spiro atoms. The zero-order chi connectivity index (χ0) is 16.1. The molecule has 0 aliphatic heterocycles. The lowest BCUT2D eigenvalue weighted by atomic mass is 9.96. The lowest BCUT2D eigenvalue weighted by molar-refractivity contribution is -0.142. The number of carbonyl (C=O) groups excluding carboxylic acids is 1. The molecule has 4 nitrogen and oxygen atoms in total. The predicted octanol–water partition coefficient (Wildman–Crippen LogP) is 4.54. The lowest BCUT2D eigenvalue weighted by Gasteiger charge is -2.22. The van der Waals surface area contributed by atoms with Gasteiger partial charge in [-0.1, -0.05) is 43.6 Å². The number of nitrogens with one attached hydrogen (secondary N) is 1.